The standard InChI is InChI=1S/C9H7BrN2O2/c10-7-3-5(8(12)9(13)14)1-2-6(7)4-11/h1-3,8H,12H2,(H,13,14). The van der Waals surface area contributed by atoms with Crippen LogP contribution in [0.4, 0.5) is 0 Å². The number of nitrogens with zero attached hydrogens (tertiary/aromatic N) is 1. The Balaban J connectivity index is 3.10. The van der Waals surface area contributed by atoms with Crippen LogP contribution >= 0.6 is 15.9 Å². The fraction of sp³-hybridized carbons (Fsp3) is 0.111. The van der Waals surface area contributed by atoms with Gasteiger partial charge in [0.2, 0.25) is 0 Å². The minimum absolute atomic E-state index is 0.450. The summed E-state index contributed by atoms with van der Waals surface area (Å²) >= 11 is 3.15. The van der Waals surface area contributed by atoms with Crippen LogP contribution in [0.25, 0.3) is 0 Å². The number of hydrogen-bond acceptors (Lipinski definition) is 3. The van der Waals surface area contributed by atoms with Crippen molar-refractivity contribution < 1.29 is 9.90 Å². The maximum atomic E-state index is 10.6. The van der Waals surface area contributed by atoms with E-state index >= 15 is 0 Å². The van der Waals surface area contributed by atoms with Gasteiger partial charge in [0.25, 0.3) is 0 Å². The molecule has 3 N–H and O–H groups in total. The van der Waals surface area contributed by atoms with Crippen molar-refractivity contribution in [3.8, 4) is 6.07 Å². The Morgan fingerprint density at radius 1 is 1.64 bits per heavy atom. The molecule has 0 radical (unpaired) electrons. The second-order valence-corrected chi connectivity index (χ2v) is 3.52. The average Bonchev–Trinajstić information content (AvgIpc) is 2.16. The van der Waals surface area contributed by atoms with E-state index in [-0.39, 0.29) is 0 Å². The van der Waals surface area contributed by atoms with Crippen LogP contribution in [0.15, 0.2) is 22.7 Å². The lowest BCUT2D eigenvalue weighted by Gasteiger charge is -2.07. The van der Waals surface area contributed by atoms with Gasteiger partial charge in [-0.15, -0.1) is 0 Å². The highest BCUT2D eigenvalue weighted by atomic mass is 79.9. The van der Waals surface area contributed by atoms with E-state index in [0.29, 0.717) is 15.6 Å². The Hall–Kier alpha value is -1.38. The van der Waals surface area contributed by atoms with Crippen LogP contribution in [0, 0.1) is 11.3 Å². The molecule has 1 atom stereocenters. The van der Waals surface area contributed by atoms with Crippen molar-refractivity contribution in [1.82, 2.24) is 0 Å². The van der Waals surface area contributed by atoms with Gasteiger partial charge in [0, 0.05) is 4.47 Å². The summed E-state index contributed by atoms with van der Waals surface area (Å²) in [6, 6.07) is 5.50. The molecule has 0 aliphatic heterocycles. The topological polar surface area (TPSA) is 87.1 Å². The molecule has 5 heteroatoms. The Morgan fingerprint density at radius 2 is 2.29 bits per heavy atom. The number of hydrogen-bond donors (Lipinski definition) is 2. The molecule has 72 valence electrons. The molecule has 0 heterocycles. The number of halogens is 1. The second-order valence-electron chi connectivity index (χ2n) is 2.67. The highest BCUT2D eigenvalue weighted by Crippen LogP contribution is 2.20. The van der Waals surface area contributed by atoms with E-state index in [1.54, 1.807) is 0 Å². The van der Waals surface area contributed by atoms with Gasteiger partial charge in [-0.05, 0) is 33.6 Å². The van der Waals surface area contributed by atoms with E-state index in [2.05, 4.69) is 15.9 Å². The molecule has 1 rings (SSSR count). The van der Waals surface area contributed by atoms with Crippen molar-refractivity contribution in [1.29, 1.82) is 5.26 Å². The van der Waals surface area contributed by atoms with Gasteiger partial charge in [0.05, 0.1) is 5.56 Å². The lowest BCUT2D eigenvalue weighted by Crippen LogP contribution is -2.20. The van der Waals surface area contributed by atoms with Crippen molar-refractivity contribution >= 4 is 21.9 Å². The van der Waals surface area contributed by atoms with Crippen LogP contribution in [0.3, 0.4) is 0 Å². The summed E-state index contributed by atoms with van der Waals surface area (Å²) in [7, 11) is 0. The van der Waals surface area contributed by atoms with E-state index in [4.69, 9.17) is 16.1 Å². The molecule has 0 fully saturated rings. The number of aliphatic carboxylic acids is 1. The minimum Gasteiger partial charge on any atom is -0.480 e. The highest BCUT2D eigenvalue weighted by Gasteiger charge is 2.14. The summed E-state index contributed by atoms with van der Waals surface area (Å²) in [5.41, 5.74) is 6.31. The minimum atomic E-state index is -1.10. The molecule has 0 spiro atoms. The van der Waals surface area contributed by atoms with Crippen molar-refractivity contribution in [2.45, 2.75) is 6.04 Å². The van der Waals surface area contributed by atoms with Gasteiger partial charge in [0.1, 0.15) is 12.1 Å². The van der Waals surface area contributed by atoms with Gasteiger partial charge in [-0.2, -0.15) is 5.26 Å². The van der Waals surface area contributed by atoms with Crippen LogP contribution < -0.4 is 5.73 Å². The van der Waals surface area contributed by atoms with Gasteiger partial charge in [-0.25, -0.2) is 0 Å². The largest absolute Gasteiger partial charge is 0.480 e. The molecule has 1 unspecified atom stereocenters. The first-order valence-electron chi connectivity index (χ1n) is 3.74. The summed E-state index contributed by atoms with van der Waals surface area (Å²) < 4.78 is 0.550. The van der Waals surface area contributed by atoms with Gasteiger partial charge in [-0.3, -0.25) is 4.79 Å². The molecule has 1 aromatic carbocycles. The summed E-state index contributed by atoms with van der Waals surface area (Å²) in [5, 5.41) is 17.3. The molecule has 1 aromatic rings. The van der Waals surface area contributed by atoms with E-state index in [0.717, 1.165) is 0 Å². The second kappa shape index (κ2) is 4.22. The molecular weight excluding hydrogens is 248 g/mol. The van der Waals surface area contributed by atoms with Gasteiger partial charge in [-0.1, -0.05) is 6.07 Å². The van der Waals surface area contributed by atoms with E-state index in [1.807, 2.05) is 6.07 Å². The van der Waals surface area contributed by atoms with Crippen LogP contribution in [-0.2, 0) is 4.79 Å². The SMILES string of the molecule is N#Cc1ccc(C(N)C(=O)O)cc1Br. The Bertz CT molecular complexity index is 412. The van der Waals surface area contributed by atoms with Crippen molar-refractivity contribution in [3.63, 3.8) is 0 Å². The number of carboxylic acids is 1. The predicted octanol–water partition coefficient (Wildman–Crippen LogP) is 1.41. The summed E-state index contributed by atoms with van der Waals surface area (Å²) in [4.78, 5) is 10.6. The Morgan fingerprint density at radius 3 is 2.71 bits per heavy atom. The number of carboxylic acid groups (broad SMARTS) is 1. The maximum Gasteiger partial charge on any atom is 0.325 e. The fourth-order valence-corrected chi connectivity index (χ4v) is 1.44. The Kier molecular flexibility index (Phi) is 3.23. The number of nitriles is 1. The summed E-state index contributed by atoms with van der Waals surface area (Å²) in [5.74, 6) is -1.10. The van der Waals surface area contributed by atoms with Gasteiger partial charge in [0.15, 0.2) is 0 Å². The van der Waals surface area contributed by atoms with E-state index in [1.165, 1.54) is 18.2 Å². The maximum absolute atomic E-state index is 10.6. The fourth-order valence-electron chi connectivity index (χ4n) is 0.958. The molecular formula is C9H7BrN2O2. The van der Waals surface area contributed by atoms with Crippen LogP contribution in [0.2, 0.25) is 0 Å². The first-order chi connectivity index (χ1) is 6.56. The molecule has 0 bridgehead atoms. The summed E-state index contributed by atoms with van der Waals surface area (Å²) in [6.45, 7) is 0. The number of nitrogens with two attached hydrogens (primary N) is 1. The third-order valence-corrected chi connectivity index (χ3v) is 2.39. The lowest BCUT2D eigenvalue weighted by molar-refractivity contribution is -0.138. The zero-order chi connectivity index (χ0) is 10.7. The van der Waals surface area contributed by atoms with Gasteiger partial charge < -0.3 is 10.8 Å². The van der Waals surface area contributed by atoms with Crippen molar-refractivity contribution in [2.24, 2.45) is 5.73 Å². The van der Waals surface area contributed by atoms with Crippen molar-refractivity contribution in [2.75, 3.05) is 0 Å². The molecule has 0 aliphatic rings. The molecule has 0 saturated heterocycles. The molecule has 4 nitrogen and oxygen atoms in total. The lowest BCUT2D eigenvalue weighted by atomic mass is 10.1. The van der Waals surface area contributed by atoms with Crippen LogP contribution in [-0.4, -0.2) is 11.1 Å². The third kappa shape index (κ3) is 2.10. The predicted molar refractivity (Wildman–Crippen MR) is 53.4 cm³/mol. The van der Waals surface area contributed by atoms with Crippen molar-refractivity contribution in [3.05, 3.63) is 33.8 Å². The number of rotatable bonds is 2. The monoisotopic (exact) mass is 254 g/mol. The van der Waals surface area contributed by atoms with Crippen LogP contribution in [0.5, 0.6) is 0 Å². The van der Waals surface area contributed by atoms with E-state index in [9.17, 15) is 4.79 Å². The first kappa shape index (κ1) is 10.7. The normalized spacial score (nSPS) is 11.8. The smallest absolute Gasteiger partial charge is 0.325 e. The Labute approximate surface area is 89.1 Å². The number of carbonyl (C=O) groups is 1. The first-order valence-corrected chi connectivity index (χ1v) is 4.53. The zero-order valence-electron chi connectivity index (χ0n) is 7.07. The third-order valence-electron chi connectivity index (χ3n) is 1.74. The summed E-state index contributed by atoms with van der Waals surface area (Å²) in [6.07, 6.45) is 0. The molecule has 14 heavy (non-hydrogen) atoms. The quantitative estimate of drug-likeness (QED) is 0.836. The molecule has 0 saturated carbocycles. The van der Waals surface area contributed by atoms with Crippen LogP contribution in [0.1, 0.15) is 17.2 Å². The van der Waals surface area contributed by atoms with Gasteiger partial charge >= 0.3 is 5.97 Å². The molecule has 0 amide bonds. The number of benzene rings is 1. The highest BCUT2D eigenvalue weighted by molar-refractivity contribution is 9.10. The average molecular weight is 255 g/mol. The molecule has 0 aliphatic carbocycles. The van der Waals surface area contributed by atoms with E-state index < -0.39 is 12.0 Å². The zero-order valence-corrected chi connectivity index (χ0v) is 8.65. The molecule has 0 aromatic heterocycles.